The lowest BCUT2D eigenvalue weighted by molar-refractivity contribution is 1.18. The van der Waals surface area contributed by atoms with Crippen LogP contribution in [-0.4, -0.2) is 9.97 Å². The topological polar surface area (TPSA) is 75.6 Å². The maximum atomic E-state index is 8.83. The molecule has 0 fully saturated rings. The highest BCUT2D eigenvalue weighted by Gasteiger charge is 2.09. The van der Waals surface area contributed by atoms with Crippen LogP contribution in [0.1, 0.15) is 5.56 Å². The first kappa shape index (κ1) is 12.3. The van der Waals surface area contributed by atoms with E-state index in [4.69, 9.17) is 11.0 Å². The van der Waals surface area contributed by atoms with E-state index < -0.39 is 0 Å². The first-order valence-electron chi connectivity index (χ1n) is 5.96. The van der Waals surface area contributed by atoms with Gasteiger partial charge in [0.1, 0.15) is 17.5 Å². The van der Waals surface area contributed by atoms with Crippen LogP contribution in [0.3, 0.4) is 0 Å². The zero-order valence-corrected chi connectivity index (χ0v) is 11.3. The number of nitrogens with two attached hydrogens (primary N) is 1. The Morgan fingerprint density at radius 2 is 1.80 bits per heavy atom. The fraction of sp³-hybridized carbons (Fsp3) is 0. The van der Waals surface area contributed by atoms with Gasteiger partial charge in [0.15, 0.2) is 5.82 Å². The second kappa shape index (κ2) is 5.11. The molecule has 2 N–H and O–H groups in total. The molecule has 0 unspecified atom stereocenters. The molecule has 0 saturated heterocycles. The van der Waals surface area contributed by atoms with Gasteiger partial charge in [-0.1, -0.05) is 30.3 Å². The minimum atomic E-state index is 0.215. The van der Waals surface area contributed by atoms with Crippen molar-refractivity contribution in [2.45, 2.75) is 0 Å². The van der Waals surface area contributed by atoms with E-state index in [1.165, 1.54) is 6.20 Å². The zero-order chi connectivity index (χ0) is 13.9. The summed E-state index contributed by atoms with van der Waals surface area (Å²) in [5.41, 5.74) is 7.18. The van der Waals surface area contributed by atoms with Crippen molar-refractivity contribution in [1.82, 2.24) is 9.97 Å². The van der Waals surface area contributed by atoms with Crippen LogP contribution in [0.25, 0.3) is 21.1 Å². The minimum Gasteiger partial charge on any atom is -0.382 e. The summed E-state index contributed by atoms with van der Waals surface area (Å²) in [6, 6.07) is 16.1. The van der Waals surface area contributed by atoms with Gasteiger partial charge in [0.2, 0.25) is 0 Å². The van der Waals surface area contributed by atoms with Crippen molar-refractivity contribution in [3.8, 4) is 27.2 Å². The number of aromatic nitrogens is 2. The van der Waals surface area contributed by atoms with Crippen molar-refractivity contribution >= 4 is 17.2 Å². The molecule has 3 aromatic rings. The van der Waals surface area contributed by atoms with Crippen LogP contribution in [0, 0.1) is 11.3 Å². The van der Waals surface area contributed by atoms with Gasteiger partial charge in [0.05, 0.1) is 11.1 Å². The molecule has 2 aromatic heterocycles. The molecule has 0 aliphatic carbocycles. The molecular formula is C15H10N4S. The molecule has 0 radical (unpaired) electrons. The highest BCUT2D eigenvalue weighted by atomic mass is 32.1. The van der Waals surface area contributed by atoms with Gasteiger partial charge in [-0.15, -0.1) is 11.3 Å². The average molecular weight is 278 g/mol. The van der Waals surface area contributed by atoms with Crippen molar-refractivity contribution < 1.29 is 0 Å². The molecule has 96 valence electrons. The molecule has 0 saturated carbocycles. The van der Waals surface area contributed by atoms with Crippen LogP contribution in [-0.2, 0) is 0 Å². The summed E-state index contributed by atoms with van der Waals surface area (Å²) in [6.45, 7) is 0. The Morgan fingerprint density at radius 1 is 1.05 bits per heavy atom. The van der Waals surface area contributed by atoms with Crippen molar-refractivity contribution in [2.24, 2.45) is 0 Å². The number of nitrogen functional groups attached to an aromatic ring is 1. The predicted octanol–water partition coefficient (Wildman–Crippen LogP) is 3.33. The smallest absolute Gasteiger partial charge is 0.171 e. The molecule has 20 heavy (non-hydrogen) atoms. The zero-order valence-electron chi connectivity index (χ0n) is 10.4. The van der Waals surface area contributed by atoms with Gasteiger partial charge in [0.25, 0.3) is 0 Å². The van der Waals surface area contributed by atoms with E-state index in [-0.39, 0.29) is 5.82 Å². The number of rotatable bonds is 2. The fourth-order valence-electron chi connectivity index (χ4n) is 1.82. The number of hydrogen-bond acceptors (Lipinski definition) is 5. The number of thiophene rings is 1. The quantitative estimate of drug-likeness (QED) is 0.780. The van der Waals surface area contributed by atoms with E-state index >= 15 is 0 Å². The highest BCUT2D eigenvalue weighted by Crippen LogP contribution is 2.33. The first-order valence-corrected chi connectivity index (χ1v) is 6.78. The molecule has 0 aliphatic heterocycles. The number of nitrogens with zero attached hydrogens (tertiary/aromatic N) is 3. The van der Waals surface area contributed by atoms with Crippen molar-refractivity contribution in [3.05, 3.63) is 54.2 Å². The Labute approximate surface area is 120 Å². The van der Waals surface area contributed by atoms with Gasteiger partial charge < -0.3 is 5.73 Å². The summed E-state index contributed by atoms with van der Waals surface area (Å²) in [7, 11) is 0. The van der Waals surface area contributed by atoms with Crippen LogP contribution in [0.15, 0.2) is 48.7 Å². The third-order valence-corrected chi connectivity index (χ3v) is 3.95. The summed E-state index contributed by atoms with van der Waals surface area (Å²) in [5, 5.41) is 8.83. The lowest BCUT2D eigenvalue weighted by Crippen LogP contribution is -1.97. The SMILES string of the molecule is N#Cc1cnc(-c2ccc(-c3ccccc3)s2)nc1N. The largest absolute Gasteiger partial charge is 0.382 e. The van der Waals surface area contributed by atoms with E-state index in [1.54, 1.807) is 11.3 Å². The third kappa shape index (κ3) is 2.25. The summed E-state index contributed by atoms with van der Waals surface area (Å²) in [5.74, 6) is 0.765. The molecule has 0 aliphatic rings. The Bertz CT molecular complexity index is 787. The molecule has 0 spiro atoms. The monoisotopic (exact) mass is 278 g/mol. The summed E-state index contributed by atoms with van der Waals surface area (Å²) < 4.78 is 0. The highest BCUT2D eigenvalue weighted by molar-refractivity contribution is 7.18. The third-order valence-electron chi connectivity index (χ3n) is 2.82. The van der Waals surface area contributed by atoms with E-state index in [0.717, 1.165) is 15.3 Å². The number of anilines is 1. The summed E-state index contributed by atoms with van der Waals surface area (Å²) in [4.78, 5) is 10.4. The Kier molecular flexibility index (Phi) is 3.15. The summed E-state index contributed by atoms with van der Waals surface area (Å²) >= 11 is 1.60. The second-order valence-corrected chi connectivity index (χ2v) is 5.22. The Balaban J connectivity index is 1.99. The van der Waals surface area contributed by atoms with E-state index in [1.807, 2.05) is 36.4 Å². The predicted molar refractivity (Wildman–Crippen MR) is 79.9 cm³/mol. The molecule has 0 amide bonds. The van der Waals surface area contributed by atoms with Crippen LogP contribution in [0.2, 0.25) is 0 Å². The van der Waals surface area contributed by atoms with Crippen LogP contribution >= 0.6 is 11.3 Å². The molecule has 0 atom stereocenters. The van der Waals surface area contributed by atoms with Gasteiger partial charge in [-0.2, -0.15) is 5.26 Å². The van der Waals surface area contributed by atoms with E-state index in [2.05, 4.69) is 22.1 Å². The normalized spacial score (nSPS) is 10.2. The average Bonchev–Trinajstić information content (AvgIpc) is 2.98. The molecule has 2 heterocycles. The van der Waals surface area contributed by atoms with Gasteiger partial charge in [-0.25, -0.2) is 9.97 Å². The van der Waals surface area contributed by atoms with Gasteiger partial charge >= 0.3 is 0 Å². The van der Waals surface area contributed by atoms with Gasteiger partial charge in [-0.3, -0.25) is 0 Å². The fourth-order valence-corrected chi connectivity index (χ4v) is 2.77. The van der Waals surface area contributed by atoms with Crippen molar-refractivity contribution in [2.75, 3.05) is 5.73 Å². The lowest BCUT2D eigenvalue weighted by Gasteiger charge is -1.99. The number of nitriles is 1. The summed E-state index contributed by atoms with van der Waals surface area (Å²) in [6.07, 6.45) is 1.46. The molecule has 1 aromatic carbocycles. The molecule has 3 rings (SSSR count). The number of hydrogen-bond donors (Lipinski definition) is 1. The van der Waals surface area contributed by atoms with Gasteiger partial charge in [0, 0.05) is 4.88 Å². The molecule has 4 nitrogen and oxygen atoms in total. The lowest BCUT2D eigenvalue weighted by atomic mass is 10.2. The minimum absolute atomic E-state index is 0.215. The molecule has 0 bridgehead atoms. The van der Waals surface area contributed by atoms with E-state index in [9.17, 15) is 0 Å². The maximum Gasteiger partial charge on any atom is 0.171 e. The number of benzene rings is 1. The van der Waals surface area contributed by atoms with E-state index in [0.29, 0.717) is 11.4 Å². The van der Waals surface area contributed by atoms with Crippen molar-refractivity contribution in [1.29, 1.82) is 5.26 Å². The Morgan fingerprint density at radius 3 is 2.50 bits per heavy atom. The van der Waals surface area contributed by atoms with Crippen LogP contribution in [0.4, 0.5) is 5.82 Å². The molecule has 5 heteroatoms. The maximum absolute atomic E-state index is 8.83. The Hall–Kier alpha value is -2.71. The van der Waals surface area contributed by atoms with Crippen molar-refractivity contribution in [3.63, 3.8) is 0 Å². The molecular weight excluding hydrogens is 268 g/mol. The second-order valence-electron chi connectivity index (χ2n) is 4.13. The standard InChI is InChI=1S/C15H10N4S/c16-8-11-9-18-15(19-14(11)17)13-7-6-12(20-13)10-4-2-1-3-5-10/h1-7,9H,(H2,17,18,19). The van der Waals surface area contributed by atoms with Crippen LogP contribution < -0.4 is 5.73 Å². The van der Waals surface area contributed by atoms with Crippen LogP contribution in [0.5, 0.6) is 0 Å². The first-order chi connectivity index (χ1) is 9.78. The van der Waals surface area contributed by atoms with Gasteiger partial charge in [-0.05, 0) is 17.7 Å².